The molecule has 1 N–H and O–H groups in total. The zero-order valence-electron chi connectivity index (χ0n) is 12.8. The van der Waals surface area contributed by atoms with Crippen molar-refractivity contribution >= 4 is 27.6 Å². The maximum absolute atomic E-state index is 12.3. The van der Waals surface area contributed by atoms with Crippen LogP contribution in [0.4, 0.5) is 4.79 Å². The number of benzene rings is 1. The second-order valence-electron chi connectivity index (χ2n) is 5.59. The van der Waals surface area contributed by atoms with Gasteiger partial charge in [0.15, 0.2) is 0 Å². The van der Waals surface area contributed by atoms with Gasteiger partial charge in [0.1, 0.15) is 17.8 Å². The Hall–Kier alpha value is -2.67. The zero-order valence-corrected chi connectivity index (χ0v) is 13.6. The van der Waals surface area contributed by atoms with E-state index < -0.39 is 0 Å². The normalized spacial score (nSPS) is 13.8. The van der Waals surface area contributed by atoms with E-state index in [-0.39, 0.29) is 18.6 Å². The Morgan fingerprint density at radius 2 is 2.12 bits per heavy atom. The van der Waals surface area contributed by atoms with E-state index in [0.29, 0.717) is 18.5 Å². The molecule has 1 aliphatic heterocycles. The van der Waals surface area contributed by atoms with Crippen molar-refractivity contribution in [2.75, 3.05) is 6.54 Å². The first-order valence-electron chi connectivity index (χ1n) is 7.62. The van der Waals surface area contributed by atoms with Gasteiger partial charge < -0.3 is 14.7 Å². The van der Waals surface area contributed by atoms with Crippen LogP contribution in [0.3, 0.4) is 0 Å². The first-order valence-corrected chi connectivity index (χ1v) is 8.44. The highest BCUT2D eigenvalue weighted by atomic mass is 32.1. The summed E-state index contributed by atoms with van der Waals surface area (Å²) >= 11 is 1.55. The zero-order chi connectivity index (χ0) is 16.5. The minimum Gasteiger partial charge on any atom is -0.493 e. The molecule has 3 heterocycles. The smallest absolute Gasteiger partial charge is 0.410 e. The molecule has 0 saturated carbocycles. The molecule has 24 heavy (non-hydrogen) atoms. The Morgan fingerprint density at radius 1 is 1.29 bits per heavy atom. The van der Waals surface area contributed by atoms with Gasteiger partial charge in [-0.1, -0.05) is 30.3 Å². The highest BCUT2D eigenvalue weighted by Gasteiger charge is 2.27. The molecule has 1 aliphatic rings. The van der Waals surface area contributed by atoms with E-state index in [1.54, 1.807) is 16.2 Å². The summed E-state index contributed by atoms with van der Waals surface area (Å²) in [6.07, 6.45) is 1.74. The number of fused-ring (bicyclic) bond motifs is 3. The van der Waals surface area contributed by atoms with E-state index >= 15 is 0 Å². The maximum atomic E-state index is 12.3. The van der Waals surface area contributed by atoms with E-state index in [2.05, 4.69) is 9.97 Å². The number of carbonyl (C=O) groups excluding carboxylic acids is 1. The van der Waals surface area contributed by atoms with Gasteiger partial charge in [-0.3, -0.25) is 0 Å². The summed E-state index contributed by atoms with van der Waals surface area (Å²) in [5, 5.41) is 10.7. The number of aromatic nitrogens is 2. The van der Waals surface area contributed by atoms with E-state index in [4.69, 9.17) is 4.74 Å². The highest BCUT2D eigenvalue weighted by Crippen LogP contribution is 2.37. The molecule has 0 unspecified atom stereocenters. The maximum Gasteiger partial charge on any atom is 0.410 e. The summed E-state index contributed by atoms with van der Waals surface area (Å²) in [6.45, 7) is 1.26. The number of thiophene rings is 1. The Kier molecular flexibility index (Phi) is 3.78. The third-order valence-electron chi connectivity index (χ3n) is 4.07. The van der Waals surface area contributed by atoms with Crippen molar-refractivity contribution < 1.29 is 14.6 Å². The van der Waals surface area contributed by atoms with Gasteiger partial charge in [-0.15, -0.1) is 11.3 Å². The summed E-state index contributed by atoms with van der Waals surface area (Å²) in [5.41, 5.74) is 1.88. The van der Waals surface area contributed by atoms with Gasteiger partial charge in [-0.25, -0.2) is 14.8 Å². The lowest BCUT2D eigenvalue weighted by Crippen LogP contribution is -2.35. The van der Waals surface area contributed by atoms with Crippen LogP contribution in [0.2, 0.25) is 0 Å². The number of ether oxygens (including phenoxy) is 1. The fourth-order valence-corrected chi connectivity index (χ4v) is 3.99. The number of hydrogen-bond donors (Lipinski definition) is 1. The van der Waals surface area contributed by atoms with Gasteiger partial charge in [0.05, 0.1) is 11.9 Å². The minimum atomic E-state index is -0.347. The molecule has 0 bridgehead atoms. The molecule has 1 aromatic carbocycles. The molecule has 4 rings (SSSR count). The Morgan fingerprint density at radius 3 is 2.96 bits per heavy atom. The first kappa shape index (κ1) is 14.9. The number of carbonyl (C=O) groups is 1. The van der Waals surface area contributed by atoms with Crippen LogP contribution in [0.15, 0.2) is 36.7 Å². The van der Waals surface area contributed by atoms with Crippen LogP contribution < -0.4 is 0 Å². The monoisotopic (exact) mass is 341 g/mol. The lowest BCUT2D eigenvalue weighted by Gasteiger charge is -2.26. The molecule has 0 saturated heterocycles. The topological polar surface area (TPSA) is 75.5 Å². The van der Waals surface area contributed by atoms with Crippen molar-refractivity contribution in [3.63, 3.8) is 0 Å². The number of amides is 1. The van der Waals surface area contributed by atoms with Gasteiger partial charge in [-0.2, -0.15) is 0 Å². The van der Waals surface area contributed by atoms with Crippen molar-refractivity contribution in [3.8, 4) is 5.88 Å². The summed E-state index contributed by atoms with van der Waals surface area (Å²) in [7, 11) is 0. The summed E-state index contributed by atoms with van der Waals surface area (Å²) in [4.78, 5) is 24.0. The van der Waals surface area contributed by atoms with Gasteiger partial charge in [0.2, 0.25) is 5.88 Å². The third-order valence-corrected chi connectivity index (χ3v) is 5.27. The number of aromatic hydroxyl groups is 1. The summed E-state index contributed by atoms with van der Waals surface area (Å²) in [5.74, 6) is -0.0306. The fraction of sp³-hybridized carbons (Fsp3) is 0.235. The van der Waals surface area contributed by atoms with Crippen LogP contribution in [-0.4, -0.2) is 32.6 Å². The minimum absolute atomic E-state index is 0.0306. The average molecular weight is 341 g/mol. The molecule has 0 radical (unpaired) electrons. The van der Waals surface area contributed by atoms with Gasteiger partial charge in [-0.05, 0) is 12.0 Å². The van der Waals surface area contributed by atoms with E-state index in [1.807, 2.05) is 30.3 Å². The quantitative estimate of drug-likeness (QED) is 0.775. The average Bonchev–Trinajstić information content (AvgIpc) is 2.99. The molecule has 7 heteroatoms. The van der Waals surface area contributed by atoms with Crippen molar-refractivity contribution in [1.82, 2.24) is 14.9 Å². The summed E-state index contributed by atoms with van der Waals surface area (Å²) in [6, 6.07) is 9.59. The standard InChI is InChI=1S/C17H15N3O3S/c21-15-14-12-8-20(7-6-13(12)24-16(14)19-10-18-15)17(22)23-9-11-4-2-1-3-5-11/h1-5,10H,6-9H2,(H,18,19,21). The van der Waals surface area contributed by atoms with Crippen LogP contribution in [-0.2, 0) is 24.3 Å². The molecule has 0 fully saturated rings. The van der Waals surface area contributed by atoms with Crippen LogP contribution in [0.1, 0.15) is 16.0 Å². The van der Waals surface area contributed by atoms with E-state index in [9.17, 15) is 9.90 Å². The first-order chi connectivity index (χ1) is 11.7. The third kappa shape index (κ3) is 2.67. The van der Waals surface area contributed by atoms with Crippen molar-refractivity contribution in [2.24, 2.45) is 0 Å². The molecule has 3 aromatic rings. The predicted molar refractivity (Wildman–Crippen MR) is 89.8 cm³/mol. The lowest BCUT2D eigenvalue weighted by atomic mass is 10.1. The molecule has 6 nitrogen and oxygen atoms in total. The molecular weight excluding hydrogens is 326 g/mol. The Balaban J connectivity index is 1.51. The molecule has 1 amide bonds. The largest absolute Gasteiger partial charge is 0.493 e. The summed E-state index contributed by atoms with van der Waals surface area (Å²) < 4.78 is 5.40. The molecule has 2 aromatic heterocycles. The van der Waals surface area contributed by atoms with Crippen LogP contribution in [0, 0.1) is 0 Å². The lowest BCUT2D eigenvalue weighted by molar-refractivity contribution is 0.0922. The number of rotatable bonds is 2. The molecule has 0 spiro atoms. The van der Waals surface area contributed by atoms with Crippen molar-refractivity contribution in [3.05, 3.63) is 52.7 Å². The van der Waals surface area contributed by atoms with Gasteiger partial charge >= 0.3 is 6.09 Å². The van der Waals surface area contributed by atoms with Crippen LogP contribution in [0.25, 0.3) is 10.2 Å². The Labute approximate surface area is 142 Å². The molecule has 0 atom stereocenters. The number of nitrogens with zero attached hydrogens (tertiary/aromatic N) is 3. The van der Waals surface area contributed by atoms with Crippen molar-refractivity contribution in [2.45, 2.75) is 19.6 Å². The second-order valence-corrected chi connectivity index (χ2v) is 6.68. The van der Waals surface area contributed by atoms with Crippen molar-refractivity contribution in [1.29, 1.82) is 0 Å². The van der Waals surface area contributed by atoms with E-state index in [0.717, 1.165) is 27.3 Å². The predicted octanol–water partition coefficient (Wildman–Crippen LogP) is 3.09. The number of hydrogen-bond acceptors (Lipinski definition) is 6. The fourth-order valence-electron chi connectivity index (χ4n) is 2.86. The molecule has 122 valence electrons. The Bertz CT molecular complexity index is 895. The van der Waals surface area contributed by atoms with Gasteiger partial charge in [0, 0.05) is 17.0 Å². The molecular formula is C17H15N3O3S. The molecule has 0 aliphatic carbocycles. The van der Waals surface area contributed by atoms with Gasteiger partial charge in [0.25, 0.3) is 0 Å². The van der Waals surface area contributed by atoms with Crippen LogP contribution >= 0.6 is 11.3 Å². The highest BCUT2D eigenvalue weighted by molar-refractivity contribution is 7.18. The second kappa shape index (κ2) is 6.09. The SMILES string of the molecule is O=C(OCc1ccccc1)N1CCc2sc3ncnc(O)c3c2C1. The van der Waals surface area contributed by atoms with Crippen LogP contribution in [0.5, 0.6) is 5.88 Å². The van der Waals surface area contributed by atoms with E-state index in [1.165, 1.54) is 6.33 Å².